The summed E-state index contributed by atoms with van der Waals surface area (Å²) in [4.78, 5) is 20.8. The summed E-state index contributed by atoms with van der Waals surface area (Å²) in [7, 11) is 0. The second-order valence-corrected chi connectivity index (χ2v) is 3.52. The first kappa shape index (κ1) is 9.71. The summed E-state index contributed by atoms with van der Waals surface area (Å²) in [5, 5.41) is 11.4. The van der Waals surface area contributed by atoms with Gasteiger partial charge < -0.3 is 10.7 Å². The SMILES string of the molecule is CSc1nc(N)c2c([N+](=O)[O-])c[nH]c2n1. The second kappa shape index (κ2) is 3.39. The number of anilines is 1. The van der Waals surface area contributed by atoms with Crippen LogP contribution in [-0.4, -0.2) is 26.1 Å². The van der Waals surface area contributed by atoms with Crippen LogP contribution in [0.2, 0.25) is 0 Å². The summed E-state index contributed by atoms with van der Waals surface area (Å²) in [5.41, 5.74) is 5.91. The summed E-state index contributed by atoms with van der Waals surface area (Å²) >= 11 is 1.32. The zero-order valence-corrected chi connectivity index (χ0v) is 8.54. The van der Waals surface area contributed by atoms with Gasteiger partial charge in [0.15, 0.2) is 10.8 Å². The van der Waals surface area contributed by atoms with Crippen molar-refractivity contribution in [3.63, 3.8) is 0 Å². The number of fused-ring (bicyclic) bond motifs is 1. The third kappa shape index (κ3) is 1.48. The zero-order valence-electron chi connectivity index (χ0n) is 7.72. The maximum absolute atomic E-state index is 10.7. The van der Waals surface area contributed by atoms with E-state index in [-0.39, 0.29) is 16.9 Å². The van der Waals surface area contributed by atoms with Gasteiger partial charge in [0, 0.05) is 0 Å². The van der Waals surface area contributed by atoms with E-state index in [9.17, 15) is 10.1 Å². The second-order valence-electron chi connectivity index (χ2n) is 2.75. The molecule has 0 spiro atoms. The fraction of sp³-hybridized carbons (Fsp3) is 0.143. The number of hydrogen-bond acceptors (Lipinski definition) is 6. The molecule has 0 saturated heterocycles. The fourth-order valence-corrected chi connectivity index (χ4v) is 1.63. The molecule has 0 amide bonds. The van der Waals surface area contributed by atoms with Crippen molar-refractivity contribution in [2.24, 2.45) is 0 Å². The van der Waals surface area contributed by atoms with Crippen molar-refractivity contribution in [3.05, 3.63) is 16.3 Å². The van der Waals surface area contributed by atoms with E-state index in [1.807, 2.05) is 0 Å². The molecule has 0 aliphatic carbocycles. The lowest BCUT2D eigenvalue weighted by atomic mass is 10.3. The lowest BCUT2D eigenvalue weighted by Gasteiger charge is -1.98. The van der Waals surface area contributed by atoms with E-state index in [1.165, 1.54) is 18.0 Å². The molecule has 0 aliphatic heterocycles. The summed E-state index contributed by atoms with van der Waals surface area (Å²) in [6, 6.07) is 0. The Morgan fingerprint density at radius 1 is 1.60 bits per heavy atom. The van der Waals surface area contributed by atoms with Gasteiger partial charge in [0.25, 0.3) is 5.69 Å². The summed E-state index contributed by atoms with van der Waals surface area (Å²) in [5.74, 6) is 0.123. The van der Waals surface area contributed by atoms with Gasteiger partial charge in [-0.15, -0.1) is 0 Å². The molecule has 0 radical (unpaired) electrons. The Kier molecular flexibility index (Phi) is 2.19. The lowest BCUT2D eigenvalue weighted by Crippen LogP contribution is -1.97. The maximum Gasteiger partial charge on any atom is 0.299 e. The predicted molar refractivity (Wildman–Crippen MR) is 56.7 cm³/mol. The molecular weight excluding hydrogens is 218 g/mol. The number of nitrogens with one attached hydrogen (secondary N) is 1. The highest BCUT2D eigenvalue weighted by molar-refractivity contribution is 7.98. The van der Waals surface area contributed by atoms with E-state index in [1.54, 1.807) is 6.26 Å². The Labute approximate surface area is 88.2 Å². The van der Waals surface area contributed by atoms with E-state index in [2.05, 4.69) is 15.0 Å². The molecule has 78 valence electrons. The van der Waals surface area contributed by atoms with Gasteiger partial charge in [-0.2, -0.15) is 0 Å². The normalized spacial score (nSPS) is 10.7. The van der Waals surface area contributed by atoms with Gasteiger partial charge in [0.05, 0.1) is 11.1 Å². The minimum Gasteiger partial charge on any atom is -0.383 e. The number of nitrogens with two attached hydrogens (primary N) is 1. The molecule has 0 aromatic carbocycles. The molecule has 15 heavy (non-hydrogen) atoms. The minimum absolute atomic E-state index is 0.102. The maximum atomic E-state index is 10.7. The summed E-state index contributed by atoms with van der Waals surface area (Å²) < 4.78 is 0. The Morgan fingerprint density at radius 3 is 2.93 bits per heavy atom. The monoisotopic (exact) mass is 225 g/mol. The molecule has 2 aromatic rings. The van der Waals surface area contributed by atoms with E-state index < -0.39 is 4.92 Å². The molecule has 2 rings (SSSR count). The third-order valence-corrected chi connectivity index (χ3v) is 2.45. The van der Waals surface area contributed by atoms with E-state index in [4.69, 9.17) is 5.73 Å². The number of aromatic amines is 1. The number of nitro groups is 1. The number of aromatic nitrogens is 3. The smallest absolute Gasteiger partial charge is 0.299 e. The van der Waals surface area contributed by atoms with Crippen LogP contribution in [0.15, 0.2) is 11.4 Å². The molecule has 0 aliphatic rings. The van der Waals surface area contributed by atoms with Gasteiger partial charge in [-0.3, -0.25) is 10.1 Å². The molecule has 0 bridgehead atoms. The highest BCUT2D eigenvalue weighted by Gasteiger charge is 2.19. The van der Waals surface area contributed by atoms with Gasteiger partial charge in [-0.1, -0.05) is 11.8 Å². The molecule has 3 N–H and O–H groups in total. The van der Waals surface area contributed by atoms with Crippen LogP contribution >= 0.6 is 11.8 Å². The topological polar surface area (TPSA) is 111 Å². The quantitative estimate of drug-likeness (QED) is 0.343. The number of H-pyrrole nitrogens is 1. The number of nitrogen functional groups attached to an aromatic ring is 1. The Hall–Kier alpha value is -1.83. The van der Waals surface area contributed by atoms with E-state index in [0.717, 1.165) is 0 Å². The molecule has 2 aromatic heterocycles. The van der Waals surface area contributed by atoms with Gasteiger partial charge in [0.1, 0.15) is 11.2 Å². The highest BCUT2D eigenvalue weighted by Crippen LogP contribution is 2.29. The summed E-state index contributed by atoms with van der Waals surface area (Å²) in [6.07, 6.45) is 3.07. The van der Waals surface area contributed by atoms with Gasteiger partial charge in [-0.25, -0.2) is 9.97 Å². The van der Waals surface area contributed by atoms with Crippen LogP contribution in [0.5, 0.6) is 0 Å². The zero-order chi connectivity index (χ0) is 11.0. The van der Waals surface area contributed by atoms with Crippen molar-refractivity contribution in [3.8, 4) is 0 Å². The van der Waals surface area contributed by atoms with Crippen LogP contribution in [0, 0.1) is 10.1 Å². The Morgan fingerprint density at radius 2 is 2.33 bits per heavy atom. The molecule has 2 heterocycles. The highest BCUT2D eigenvalue weighted by atomic mass is 32.2. The molecule has 7 nitrogen and oxygen atoms in total. The first-order chi connectivity index (χ1) is 7.13. The van der Waals surface area contributed by atoms with Crippen molar-refractivity contribution in [1.29, 1.82) is 0 Å². The summed E-state index contributed by atoms with van der Waals surface area (Å²) in [6.45, 7) is 0. The minimum atomic E-state index is -0.517. The van der Waals surface area contributed by atoms with Crippen LogP contribution < -0.4 is 5.73 Å². The van der Waals surface area contributed by atoms with Crippen LogP contribution in [0.3, 0.4) is 0 Å². The molecule has 0 fully saturated rings. The molecule has 0 atom stereocenters. The van der Waals surface area contributed by atoms with E-state index in [0.29, 0.717) is 10.8 Å². The van der Waals surface area contributed by atoms with Crippen molar-refractivity contribution in [2.45, 2.75) is 5.16 Å². The molecule has 0 unspecified atom stereocenters. The lowest BCUT2D eigenvalue weighted by molar-refractivity contribution is -0.383. The first-order valence-corrected chi connectivity index (χ1v) is 5.19. The molecule has 0 saturated carbocycles. The van der Waals surface area contributed by atoms with Crippen LogP contribution in [0.25, 0.3) is 11.0 Å². The molecule has 8 heteroatoms. The standard InChI is InChI=1S/C7H7N5O2S/c1-15-7-10-5(8)4-3(12(13)14)2-9-6(4)11-7/h2H,1H3,(H3,8,9,10,11). The Bertz CT molecular complexity index is 537. The number of hydrogen-bond donors (Lipinski definition) is 2. The van der Waals surface area contributed by atoms with E-state index >= 15 is 0 Å². The number of nitrogens with zero attached hydrogens (tertiary/aromatic N) is 3. The Balaban J connectivity index is 2.77. The first-order valence-electron chi connectivity index (χ1n) is 3.96. The van der Waals surface area contributed by atoms with Crippen LogP contribution in [0.1, 0.15) is 0 Å². The fourth-order valence-electron chi connectivity index (χ4n) is 1.26. The van der Waals surface area contributed by atoms with Crippen molar-refractivity contribution >= 4 is 34.3 Å². The van der Waals surface area contributed by atoms with Gasteiger partial charge >= 0.3 is 0 Å². The van der Waals surface area contributed by atoms with Crippen molar-refractivity contribution < 1.29 is 4.92 Å². The molecular formula is C7H7N5O2S. The van der Waals surface area contributed by atoms with Crippen molar-refractivity contribution in [1.82, 2.24) is 15.0 Å². The van der Waals surface area contributed by atoms with Crippen LogP contribution in [-0.2, 0) is 0 Å². The van der Waals surface area contributed by atoms with Crippen LogP contribution in [0.4, 0.5) is 11.5 Å². The van der Waals surface area contributed by atoms with Gasteiger partial charge in [0.2, 0.25) is 0 Å². The largest absolute Gasteiger partial charge is 0.383 e. The average molecular weight is 225 g/mol. The average Bonchev–Trinajstić information content (AvgIpc) is 2.61. The van der Waals surface area contributed by atoms with Gasteiger partial charge in [-0.05, 0) is 6.26 Å². The number of thioether (sulfide) groups is 1. The van der Waals surface area contributed by atoms with Crippen molar-refractivity contribution in [2.75, 3.05) is 12.0 Å². The third-order valence-electron chi connectivity index (χ3n) is 1.90. The number of rotatable bonds is 2. The predicted octanol–water partition coefficient (Wildman–Crippen LogP) is 1.17.